The first-order valence-electron chi connectivity index (χ1n) is 9.57. The van der Waals surface area contributed by atoms with Gasteiger partial charge in [0.05, 0.1) is 0 Å². The van der Waals surface area contributed by atoms with Crippen LogP contribution in [0.15, 0.2) is 40.9 Å². The molecule has 0 unspecified atom stereocenters. The van der Waals surface area contributed by atoms with E-state index in [1.165, 1.54) is 12.1 Å². The number of anilines is 2. The van der Waals surface area contributed by atoms with E-state index in [4.69, 9.17) is 0 Å². The molecule has 0 aliphatic heterocycles. The number of carbonyl (C=O) groups excluding carboxylic acids is 2. The molecule has 0 aliphatic carbocycles. The highest BCUT2D eigenvalue weighted by Crippen LogP contribution is 2.48. The lowest BCUT2D eigenvalue weighted by atomic mass is 10.1. The second-order valence-electron chi connectivity index (χ2n) is 7.21. The highest BCUT2D eigenvalue weighted by Gasteiger charge is 2.64. The van der Waals surface area contributed by atoms with Crippen LogP contribution in [0.25, 0.3) is 0 Å². The van der Waals surface area contributed by atoms with Gasteiger partial charge in [0.25, 0.3) is 11.8 Å². The molecule has 0 saturated heterocycles. The zero-order chi connectivity index (χ0) is 27.9. The molecule has 0 aliphatic rings. The van der Waals surface area contributed by atoms with Gasteiger partial charge in [-0.05, 0) is 52.3 Å². The number of halogens is 10. The summed E-state index contributed by atoms with van der Waals surface area (Å²) in [5.74, 6) is -9.87. The van der Waals surface area contributed by atoms with Crippen LogP contribution in [0.3, 0.4) is 0 Å². The van der Waals surface area contributed by atoms with E-state index in [9.17, 15) is 49.1 Å². The number of aromatic nitrogens is 3. The maximum absolute atomic E-state index is 13.8. The highest BCUT2D eigenvalue weighted by atomic mass is 79.9. The van der Waals surface area contributed by atoms with Crippen LogP contribution in [0.5, 0.6) is 0 Å². The number of rotatable bonds is 5. The van der Waals surface area contributed by atoms with Gasteiger partial charge < -0.3 is 10.6 Å². The van der Waals surface area contributed by atoms with Crippen molar-refractivity contribution in [1.29, 1.82) is 0 Å². The Balaban J connectivity index is 1.97. The molecular formula is C20H11BrF9N5O2. The molecule has 0 spiro atoms. The molecule has 17 heteroatoms. The summed E-state index contributed by atoms with van der Waals surface area (Å²) in [6, 6.07) is 6.66. The fourth-order valence-electron chi connectivity index (χ4n) is 2.98. The van der Waals surface area contributed by atoms with Crippen molar-refractivity contribution >= 4 is 39.2 Å². The van der Waals surface area contributed by atoms with Gasteiger partial charge >= 0.3 is 18.3 Å². The Morgan fingerprint density at radius 1 is 0.892 bits per heavy atom. The Kier molecular flexibility index (Phi) is 7.31. The van der Waals surface area contributed by atoms with Crippen molar-refractivity contribution in [3.05, 3.63) is 69.3 Å². The molecule has 0 fully saturated rings. The molecule has 2 aromatic heterocycles. The van der Waals surface area contributed by atoms with Crippen LogP contribution in [-0.4, -0.2) is 32.8 Å². The topological polar surface area (TPSA) is 88.9 Å². The molecule has 3 aromatic rings. The zero-order valence-corrected chi connectivity index (χ0v) is 19.5. The first kappa shape index (κ1) is 27.9. The molecule has 0 saturated carbocycles. The van der Waals surface area contributed by atoms with Crippen LogP contribution in [0.1, 0.15) is 32.2 Å². The van der Waals surface area contributed by atoms with E-state index in [1.807, 2.05) is 5.32 Å². The minimum atomic E-state index is -6.44. The lowest BCUT2D eigenvalue weighted by Gasteiger charge is -2.19. The van der Waals surface area contributed by atoms with Gasteiger partial charge in [-0.25, -0.2) is 9.37 Å². The molecule has 3 rings (SSSR count). The van der Waals surface area contributed by atoms with E-state index in [-0.39, 0.29) is 14.8 Å². The van der Waals surface area contributed by atoms with Crippen molar-refractivity contribution in [2.45, 2.75) is 18.3 Å². The summed E-state index contributed by atoms with van der Waals surface area (Å²) in [4.78, 5) is 28.9. The van der Waals surface area contributed by atoms with Crippen molar-refractivity contribution in [2.24, 2.45) is 7.05 Å². The van der Waals surface area contributed by atoms with Gasteiger partial charge in [0.2, 0.25) is 0 Å². The number of aryl methyl sites for hydroxylation is 1. The normalized spacial score (nSPS) is 12.4. The number of hydrogen-bond donors (Lipinski definition) is 2. The van der Waals surface area contributed by atoms with Crippen molar-refractivity contribution in [3.63, 3.8) is 0 Å². The number of pyridine rings is 1. The summed E-state index contributed by atoms with van der Waals surface area (Å²) in [7, 11) is 0.566. The van der Waals surface area contributed by atoms with Crippen LogP contribution in [0.2, 0.25) is 0 Å². The quantitative estimate of drug-likeness (QED) is 0.356. The second kappa shape index (κ2) is 9.68. The Morgan fingerprint density at radius 3 is 2.03 bits per heavy atom. The molecule has 0 radical (unpaired) electrons. The lowest BCUT2D eigenvalue weighted by molar-refractivity contribution is -0.292. The number of amides is 2. The first-order valence-corrected chi connectivity index (χ1v) is 10.4. The highest BCUT2D eigenvalue weighted by molar-refractivity contribution is 9.10. The standard InChI is InChI=1S/C20H11BrF9N5O2/c1-35-14(12(19(25,26)27)15(34-35)18(23,24)20(28,29)30)17(37)33-11-7-6-10(21)13(32-11)16(36)31-9-4-2-8(22)3-5-9/h2-7H,1H3,(H,31,36)(H,32,33,37). The Morgan fingerprint density at radius 2 is 1.49 bits per heavy atom. The van der Waals surface area contributed by atoms with Crippen LogP contribution in [-0.2, 0) is 19.1 Å². The summed E-state index contributed by atoms with van der Waals surface area (Å²) < 4.78 is 120. The Hall–Kier alpha value is -3.63. The molecule has 37 heavy (non-hydrogen) atoms. The SMILES string of the molecule is Cn1nc(C(F)(F)C(F)(F)F)c(C(F)(F)F)c1C(=O)Nc1ccc(Br)c(C(=O)Nc2ccc(F)cc2)n1. The van der Waals surface area contributed by atoms with Crippen LogP contribution in [0, 0.1) is 5.82 Å². The number of hydrogen-bond acceptors (Lipinski definition) is 4. The maximum atomic E-state index is 13.8. The van der Waals surface area contributed by atoms with Gasteiger partial charge in [0.15, 0.2) is 5.69 Å². The van der Waals surface area contributed by atoms with Crippen molar-refractivity contribution in [2.75, 3.05) is 10.6 Å². The van der Waals surface area contributed by atoms with E-state index < -0.39 is 64.4 Å². The molecule has 198 valence electrons. The van der Waals surface area contributed by atoms with Crippen LogP contribution < -0.4 is 10.6 Å². The third kappa shape index (κ3) is 5.70. The molecule has 2 heterocycles. The Bertz CT molecular complexity index is 1350. The van der Waals surface area contributed by atoms with Gasteiger partial charge in [-0.3, -0.25) is 14.3 Å². The van der Waals surface area contributed by atoms with E-state index in [1.54, 1.807) is 0 Å². The van der Waals surface area contributed by atoms with Crippen LogP contribution in [0.4, 0.5) is 51.0 Å². The van der Waals surface area contributed by atoms with E-state index in [0.29, 0.717) is 7.05 Å². The molecule has 0 bridgehead atoms. The number of alkyl halides is 8. The predicted molar refractivity (Wildman–Crippen MR) is 112 cm³/mol. The fraction of sp³-hybridized carbons (Fsp3) is 0.200. The fourth-order valence-corrected chi connectivity index (χ4v) is 3.38. The van der Waals surface area contributed by atoms with Gasteiger partial charge in [-0.2, -0.15) is 40.2 Å². The zero-order valence-electron chi connectivity index (χ0n) is 17.9. The number of nitrogens with one attached hydrogen (secondary N) is 2. The van der Waals surface area contributed by atoms with Crippen LogP contribution >= 0.6 is 15.9 Å². The molecule has 0 atom stereocenters. The number of nitrogens with zero attached hydrogens (tertiary/aromatic N) is 3. The third-order valence-corrected chi connectivity index (χ3v) is 5.24. The second-order valence-corrected chi connectivity index (χ2v) is 8.06. The average molecular weight is 604 g/mol. The summed E-state index contributed by atoms with van der Waals surface area (Å²) in [6.07, 6.45) is -12.3. The number of benzene rings is 1. The molecule has 2 amide bonds. The summed E-state index contributed by atoms with van der Waals surface area (Å²) in [5, 5.41) is 6.81. The maximum Gasteiger partial charge on any atom is 0.459 e. The predicted octanol–water partition coefficient (Wildman–Crippen LogP) is 5.89. The van der Waals surface area contributed by atoms with Gasteiger partial charge in [0.1, 0.15) is 28.6 Å². The van der Waals surface area contributed by atoms with Crippen molar-refractivity contribution < 1.29 is 49.1 Å². The summed E-state index contributed by atoms with van der Waals surface area (Å²) in [5.41, 5.74) is -7.23. The van der Waals surface area contributed by atoms with Gasteiger partial charge in [-0.15, -0.1) is 0 Å². The monoisotopic (exact) mass is 603 g/mol. The van der Waals surface area contributed by atoms with Crippen molar-refractivity contribution in [1.82, 2.24) is 14.8 Å². The number of carbonyl (C=O) groups is 2. The Labute approximate surface area is 208 Å². The molecular weight excluding hydrogens is 593 g/mol. The largest absolute Gasteiger partial charge is 0.459 e. The van der Waals surface area contributed by atoms with E-state index >= 15 is 0 Å². The smallest absolute Gasteiger partial charge is 0.321 e. The van der Waals surface area contributed by atoms with E-state index in [2.05, 4.69) is 31.3 Å². The first-order chi connectivity index (χ1) is 16.9. The minimum Gasteiger partial charge on any atom is -0.321 e. The third-order valence-electron chi connectivity index (χ3n) is 4.60. The average Bonchev–Trinajstić information content (AvgIpc) is 3.14. The van der Waals surface area contributed by atoms with Gasteiger partial charge in [0, 0.05) is 17.2 Å². The van der Waals surface area contributed by atoms with Gasteiger partial charge in [-0.1, -0.05) is 0 Å². The molecule has 2 N–H and O–H groups in total. The summed E-state index contributed by atoms with van der Waals surface area (Å²) >= 11 is 3.01. The molecule has 1 aromatic carbocycles. The minimum absolute atomic E-state index is 0.0498. The lowest BCUT2D eigenvalue weighted by Crippen LogP contribution is -2.36. The molecule has 7 nitrogen and oxygen atoms in total. The summed E-state index contributed by atoms with van der Waals surface area (Å²) in [6.45, 7) is 0. The van der Waals surface area contributed by atoms with E-state index in [0.717, 1.165) is 24.3 Å². The van der Waals surface area contributed by atoms with Crippen molar-refractivity contribution in [3.8, 4) is 0 Å².